The third kappa shape index (κ3) is 3.32. The molecule has 1 aliphatic rings. The molecule has 20 heavy (non-hydrogen) atoms. The van der Waals surface area contributed by atoms with Gasteiger partial charge in [0.1, 0.15) is 5.82 Å². The Labute approximate surface area is 122 Å². The van der Waals surface area contributed by atoms with Crippen molar-refractivity contribution in [3.8, 4) is 0 Å². The van der Waals surface area contributed by atoms with Gasteiger partial charge >= 0.3 is 0 Å². The summed E-state index contributed by atoms with van der Waals surface area (Å²) in [5.41, 5.74) is 2.32. The van der Waals surface area contributed by atoms with E-state index < -0.39 is 0 Å². The maximum absolute atomic E-state index is 14.3. The van der Waals surface area contributed by atoms with Crippen molar-refractivity contribution in [2.45, 2.75) is 46.6 Å². The maximum Gasteiger partial charge on any atom is 0.146 e. The number of rotatable bonds is 5. The Bertz CT molecular complexity index is 437. The fourth-order valence-corrected chi connectivity index (χ4v) is 2.94. The van der Waals surface area contributed by atoms with Crippen LogP contribution in [0.2, 0.25) is 0 Å². The molecule has 1 aromatic carbocycles. The van der Waals surface area contributed by atoms with Gasteiger partial charge in [-0.05, 0) is 36.4 Å². The van der Waals surface area contributed by atoms with E-state index in [-0.39, 0.29) is 5.82 Å². The molecule has 0 bridgehead atoms. The molecule has 1 aromatic rings. The van der Waals surface area contributed by atoms with Crippen LogP contribution in [0.25, 0.3) is 0 Å². The predicted molar refractivity (Wildman–Crippen MR) is 83.6 cm³/mol. The van der Waals surface area contributed by atoms with E-state index in [1.807, 2.05) is 12.1 Å². The summed E-state index contributed by atoms with van der Waals surface area (Å²) in [6.07, 6.45) is 3.51. The summed E-state index contributed by atoms with van der Waals surface area (Å²) >= 11 is 0. The van der Waals surface area contributed by atoms with E-state index in [2.05, 4.69) is 31.0 Å². The van der Waals surface area contributed by atoms with E-state index in [1.54, 1.807) is 6.07 Å². The lowest BCUT2D eigenvalue weighted by atomic mass is 9.78. The molecule has 0 unspecified atom stereocenters. The van der Waals surface area contributed by atoms with E-state index in [1.165, 1.54) is 6.42 Å². The second-order valence-corrected chi connectivity index (χ2v) is 6.18. The zero-order valence-corrected chi connectivity index (χ0v) is 13.0. The van der Waals surface area contributed by atoms with E-state index in [0.717, 1.165) is 50.3 Å². The van der Waals surface area contributed by atoms with Gasteiger partial charge in [-0.2, -0.15) is 0 Å². The largest absolute Gasteiger partial charge is 0.369 e. The van der Waals surface area contributed by atoms with Gasteiger partial charge < -0.3 is 10.2 Å². The average Bonchev–Trinajstić information content (AvgIpc) is 2.46. The van der Waals surface area contributed by atoms with Crippen LogP contribution in [0.15, 0.2) is 18.2 Å². The molecule has 0 atom stereocenters. The van der Waals surface area contributed by atoms with Gasteiger partial charge in [0.15, 0.2) is 0 Å². The Morgan fingerprint density at radius 2 is 1.95 bits per heavy atom. The summed E-state index contributed by atoms with van der Waals surface area (Å²) in [6.45, 7) is 10.3. The minimum Gasteiger partial charge on any atom is -0.369 e. The number of hydrogen-bond acceptors (Lipinski definition) is 2. The van der Waals surface area contributed by atoms with E-state index in [9.17, 15) is 4.39 Å². The summed E-state index contributed by atoms with van der Waals surface area (Å²) in [4.78, 5) is 2.24. The Morgan fingerprint density at radius 1 is 1.25 bits per heavy atom. The molecule has 0 aromatic heterocycles. The van der Waals surface area contributed by atoms with Crippen LogP contribution in [0.5, 0.6) is 0 Å². The molecule has 0 saturated carbocycles. The minimum absolute atomic E-state index is 0.0829. The maximum atomic E-state index is 14.3. The molecule has 1 heterocycles. The molecule has 112 valence electrons. The molecule has 0 amide bonds. The highest BCUT2D eigenvalue weighted by atomic mass is 19.1. The van der Waals surface area contributed by atoms with Gasteiger partial charge in [-0.25, -0.2) is 4.39 Å². The van der Waals surface area contributed by atoms with Crippen molar-refractivity contribution in [1.82, 2.24) is 5.32 Å². The summed E-state index contributed by atoms with van der Waals surface area (Å²) < 4.78 is 14.3. The first-order valence-electron chi connectivity index (χ1n) is 7.82. The molecular weight excluding hydrogens is 251 g/mol. The van der Waals surface area contributed by atoms with Crippen molar-refractivity contribution in [2.75, 3.05) is 24.5 Å². The van der Waals surface area contributed by atoms with Gasteiger partial charge in [-0.15, -0.1) is 0 Å². The van der Waals surface area contributed by atoms with Crippen LogP contribution in [-0.4, -0.2) is 19.6 Å². The fourth-order valence-electron chi connectivity index (χ4n) is 2.94. The number of halogens is 1. The Balaban J connectivity index is 2.16. The Morgan fingerprint density at radius 3 is 2.55 bits per heavy atom. The highest BCUT2D eigenvalue weighted by Gasteiger charge is 2.29. The standard InChI is InChI=1S/C17H27FN2/c1-4-17(3)9-11-20(12-10-17)16-14(13-19-5-2)7-6-8-15(16)18/h6-8,19H,4-5,9-13H2,1-3H3. The molecular formula is C17H27FN2. The molecule has 1 N–H and O–H groups in total. The summed E-state index contributed by atoms with van der Waals surface area (Å²) in [5, 5.41) is 3.31. The SMILES string of the molecule is CCNCc1cccc(F)c1N1CCC(C)(CC)CC1. The topological polar surface area (TPSA) is 15.3 Å². The molecule has 1 saturated heterocycles. The van der Waals surface area contributed by atoms with E-state index >= 15 is 0 Å². The smallest absolute Gasteiger partial charge is 0.146 e. The quantitative estimate of drug-likeness (QED) is 0.877. The highest BCUT2D eigenvalue weighted by Crippen LogP contribution is 2.37. The lowest BCUT2D eigenvalue weighted by Gasteiger charge is -2.40. The van der Waals surface area contributed by atoms with Crippen molar-refractivity contribution in [3.63, 3.8) is 0 Å². The molecule has 3 heteroatoms. The van der Waals surface area contributed by atoms with Crippen molar-refractivity contribution in [1.29, 1.82) is 0 Å². The number of benzene rings is 1. The molecule has 1 fully saturated rings. The van der Waals surface area contributed by atoms with Crippen molar-refractivity contribution < 1.29 is 4.39 Å². The number of piperidine rings is 1. The number of nitrogens with zero attached hydrogens (tertiary/aromatic N) is 1. The predicted octanol–water partition coefficient (Wildman–Crippen LogP) is 3.95. The van der Waals surface area contributed by atoms with Gasteiger partial charge in [0.05, 0.1) is 5.69 Å². The average molecular weight is 278 g/mol. The number of hydrogen-bond donors (Lipinski definition) is 1. The van der Waals surface area contributed by atoms with Crippen LogP contribution >= 0.6 is 0 Å². The first kappa shape index (κ1) is 15.3. The summed E-state index contributed by atoms with van der Waals surface area (Å²) in [6, 6.07) is 5.43. The molecule has 0 spiro atoms. The first-order chi connectivity index (χ1) is 9.59. The van der Waals surface area contributed by atoms with E-state index in [0.29, 0.717) is 5.41 Å². The second-order valence-electron chi connectivity index (χ2n) is 6.18. The van der Waals surface area contributed by atoms with Crippen LogP contribution in [0.4, 0.5) is 10.1 Å². The van der Waals surface area contributed by atoms with Crippen molar-refractivity contribution in [2.24, 2.45) is 5.41 Å². The second kappa shape index (κ2) is 6.57. The zero-order valence-electron chi connectivity index (χ0n) is 13.0. The normalized spacial score (nSPS) is 18.3. The zero-order chi connectivity index (χ0) is 14.6. The molecule has 0 aliphatic carbocycles. The van der Waals surface area contributed by atoms with Crippen LogP contribution in [0, 0.1) is 11.2 Å². The lowest BCUT2D eigenvalue weighted by Crippen LogP contribution is -2.39. The van der Waals surface area contributed by atoms with Crippen molar-refractivity contribution >= 4 is 5.69 Å². The lowest BCUT2D eigenvalue weighted by molar-refractivity contribution is 0.237. The third-order valence-corrected chi connectivity index (χ3v) is 4.78. The van der Waals surface area contributed by atoms with Crippen molar-refractivity contribution in [3.05, 3.63) is 29.6 Å². The number of anilines is 1. The van der Waals surface area contributed by atoms with Gasteiger partial charge in [0.25, 0.3) is 0 Å². The van der Waals surface area contributed by atoms with E-state index in [4.69, 9.17) is 0 Å². The molecule has 1 aliphatic heterocycles. The molecule has 0 radical (unpaired) electrons. The van der Waals surface area contributed by atoms with Gasteiger partial charge in [0, 0.05) is 19.6 Å². The van der Waals surface area contributed by atoms with Gasteiger partial charge in [0.2, 0.25) is 0 Å². The van der Waals surface area contributed by atoms with Crippen LogP contribution in [0.3, 0.4) is 0 Å². The Hall–Kier alpha value is -1.09. The molecule has 2 nitrogen and oxygen atoms in total. The third-order valence-electron chi connectivity index (χ3n) is 4.78. The number of nitrogens with one attached hydrogen (secondary N) is 1. The molecule has 2 rings (SSSR count). The monoisotopic (exact) mass is 278 g/mol. The van der Waals surface area contributed by atoms with Crippen LogP contribution < -0.4 is 10.2 Å². The Kier molecular flexibility index (Phi) is 5.03. The van der Waals surface area contributed by atoms with Crippen LogP contribution in [0.1, 0.15) is 45.6 Å². The minimum atomic E-state index is -0.0829. The van der Waals surface area contributed by atoms with Crippen LogP contribution in [-0.2, 0) is 6.54 Å². The first-order valence-corrected chi connectivity index (χ1v) is 7.82. The van der Waals surface area contributed by atoms with Gasteiger partial charge in [-0.1, -0.05) is 39.3 Å². The highest BCUT2D eigenvalue weighted by molar-refractivity contribution is 5.55. The fraction of sp³-hybridized carbons (Fsp3) is 0.647. The number of para-hydroxylation sites is 1. The summed E-state index contributed by atoms with van der Waals surface area (Å²) in [5.74, 6) is -0.0829. The van der Waals surface area contributed by atoms with Gasteiger partial charge in [-0.3, -0.25) is 0 Å². The summed E-state index contributed by atoms with van der Waals surface area (Å²) in [7, 11) is 0.